The predicted molar refractivity (Wildman–Crippen MR) is 112 cm³/mol. The highest BCUT2D eigenvalue weighted by molar-refractivity contribution is 6.09. The highest BCUT2D eigenvalue weighted by Gasteiger charge is 2.74. The third-order valence-electron chi connectivity index (χ3n) is 6.75. The number of imidazole rings is 1. The lowest BCUT2D eigenvalue weighted by atomic mass is 9.88. The Kier molecular flexibility index (Phi) is 5.25. The van der Waals surface area contributed by atoms with Crippen LogP contribution in [0, 0.1) is 0 Å². The molecule has 3 fully saturated rings. The first-order valence-electron chi connectivity index (χ1n) is 10.8. The number of anilines is 1. The number of amides is 1. The van der Waals surface area contributed by atoms with Gasteiger partial charge in [0.1, 0.15) is 42.0 Å². The normalized spacial score (nSPS) is 37.1. The van der Waals surface area contributed by atoms with Crippen molar-refractivity contribution in [2.45, 2.75) is 62.2 Å². The third kappa shape index (κ3) is 2.96. The second-order valence-corrected chi connectivity index (χ2v) is 8.70. The Balaban J connectivity index is 1.41. The first-order chi connectivity index (χ1) is 16.2. The lowest BCUT2D eigenvalue weighted by Gasteiger charge is -2.38. The van der Waals surface area contributed by atoms with E-state index in [1.54, 1.807) is 13.8 Å². The van der Waals surface area contributed by atoms with E-state index in [1.165, 1.54) is 29.2 Å². The van der Waals surface area contributed by atoms with E-state index >= 15 is 0 Å². The molecule has 5 rings (SSSR count). The smallest absolute Gasteiger partial charge is 0.351 e. The molecule has 2 bridgehead atoms. The number of fused-ring (bicyclic) bond motifs is 3. The van der Waals surface area contributed by atoms with E-state index in [0.717, 1.165) is 0 Å². The summed E-state index contributed by atoms with van der Waals surface area (Å²) < 4.78 is 23.9. The Morgan fingerprint density at radius 1 is 1.32 bits per heavy atom. The van der Waals surface area contributed by atoms with Crippen molar-refractivity contribution in [3.8, 4) is 0 Å². The SMILES string of the molecule is CCO[C@@H]1C[C@@]2(C)O[C@]1(C(=O)OC)C(=O)N2C[C@H]1O[C@@H](n2cnc3c(N)ncnc32)[C@H](O)[C@@H]1O. The molecule has 7 atom stereocenters. The molecule has 0 aliphatic carbocycles. The van der Waals surface area contributed by atoms with Gasteiger partial charge in [-0.2, -0.15) is 0 Å². The highest BCUT2D eigenvalue weighted by Crippen LogP contribution is 2.51. The molecule has 1 amide bonds. The van der Waals surface area contributed by atoms with Crippen LogP contribution in [0.3, 0.4) is 0 Å². The van der Waals surface area contributed by atoms with Crippen LogP contribution < -0.4 is 5.73 Å². The molecule has 0 spiro atoms. The topological polar surface area (TPSA) is 184 Å². The van der Waals surface area contributed by atoms with Crippen LogP contribution in [0.1, 0.15) is 26.5 Å². The molecule has 184 valence electrons. The van der Waals surface area contributed by atoms with Crippen LogP contribution in [-0.2, 0) is 28.5 Å². The summed E-state index contributed by atoms with van der Waals surface area (Å²) in [6.45, 7) is 3.55. The Morgan fingerprint density at radius 2 is 2.09 bits per heavy atom. The van der Waals surface area contributed by atoms with Crippen molar-refractivity contribution in [3.63, 3.8) is 0 Å². The van der Waals surface area contributed by atoms with Crippen molar-refractivity contribution >= 4 is 28.9 Å². The number of nitrogens with zero attached hydrogens (tertiary/aromatic N) is 5. The fourth-order valence-electron chi connectivity index (χ4n) is 5.12. The number of aliphatic hydroxyl groups excluding tert-OH is 2. The van der Waals surface area contributed by atoms with Gasteiger partial charge in [-0.05, 0) is 13.8 Å². The van der Waals surface area contributed by atoms with Crippen LogP contribution in [0.2, 0.25) is 0 Å². The van der Waals surface area contributed by atoms with Gasteiger partial charge >= 0.3 is 5.97 Å². The van der Waals surface area contributed by atoms with E-state index < -0.39 is 53.8 Å². The maximum atomic E-state index is 13.5. The molecule has 0 saturated carbocycles. The maximum Gasteiger partial charge on any atom is 0.351 e. The number of aliphatic hydroxyl groups is 2. The predicted octanol–water partition coefficient (Wildman–Crippen LogP) is -1.68. The standard InChI is InChI=1S/C20H26N6O8/c1-4-32-10-5-19(2)26(17(29)20(10,34-19)18(30)31-3)6-9-12(27)13(28)16(33-9)25-8-24-11-14(21)22-7-23-15(11)25/h7-10,12-13,16,27-28H,4-6H2,1-3H3,(H2,21,22,23)/t9-,10-,12-,13-,16-,19-,20+/m1/s1. The minimum absolute atomic E-state index is 0.147. The number of esters is 1. The summed E-state index contributed by atoms with van der Waals surface area (Å²) in [5, 5.41) is 21.5. The molecule has 0 radical (unpaired) electrons. The number of hydrogen-bond donors (Lipinski definition) is 3. The van der Waals surface area contributed by atoms with E-state index in [-0.39, 0.29) is 25.4 Å². The highest BCUT2D eigenvalue weighted by atomic mass is 16.6. The average Bonchev–Trinajstić information content (AvgIpc) is 3.50. The van der Waals surface area contributed by atoms with Gasteiger partial charge in [-0.1, -0.05) is 0 Å². The number of ether oxygens (including phenoxy) is 4. The van der Waals surface area contributed by atoms with Gasteiger partial charge in [0.05, 0.1) is 20.0 Å². The van der Waals surface area contributed by atoms with Crippen molar-refractivity contribution in [1.82, 2.24) is 24.4 Å². The minimum atomic E-state index is -1.93. The van der Waals surface area contributed by atoms with Crippen LogP contribution in [0.15, 0.2) is 12.7 Å². The minimum Gasteiger partial charge on any atom is -0.466 e. The van der Waals surface area contributed by atoms with Crippen molar-refractivity contribution in [2.75, 3.05) is 26.0 Å². The lowest BCUT2D eigenvalue weighted by Crippen LogP contribution is -2.61. The number of aromatic nitrogens is 4. The van der Waals surface area contributed by atoms with Gasteiger partial charge in [0.25, 0.3) is 11.5 Å². The number of likely N-dealkylation sites (tertiary alicyclic amines) is 1. The number of hydrogen-bond acceptors (Lipinski definition) is 12. The van der Waals surface area contributed by atoms with Crippen molar-refractivity contribution in [1.29, 1.82) is 0 Å². The van der Waals surface area contributed by atoms with Gasteiger partial charge in [0.2, 0.25) is 0 Å². The lowest BCUT2D eigenvalue weighted by molar-refractivity contribution is -0.178. The van der Waals surface area contributed by atoms with E-state index in [2.05, 4.69) is 15.0 Å². The third-order valence-corrected chi connectivity index (χ3v) is 6.75. The van der Waals surface area contributed by atoms with Gasteiger partial charge in [-0.3, -0.25) is 9.36 Å². The van der Waals surface area contributed by atoms with Crippen molar-refractivity contribution < 1.29 is 38.7 Å². The van der Waals surface area contributed by atoms with Crippen molar-refractivity contribution in [2.24, 2.45) is 0 Å². The number of carbonyl (C=O) groups excluding carboxylic acids is 2. The second-order valence-electron chi connectivity index (χ2n) is 8.70. The molecule has 3 aliphatic rings. The quantitative estimate of drug-likeness (QED) is 0.317. The molecule has 14 nitrogen and oxygen atoms in total. The molecule has 2 aromatic rings. The molecule has 0 unspecified atom stereocenters. The molecular formula is C20H26N6O8. The van der Waals surface area contributed by atoms with Gasteiger partial charge in [0, 0.05) is 13.0 Å². The molecule has 0 aromatic carbocycles. The number of methoxy groups -OCH3 is 1. The zero-order chi connectivity index (χ0) is 24.4. The first-order valence-corrected chi connectivity index (χ1v) is 10.8. The van der Waals surface area contributed by atoms with Gasteiger partial charge in [-0.25, -0.2) is 19.7 Å². The summed E-state index contributed by atoms with van der Waals surface area (Å²) in [6, 6.07) is 0. The number of rotatable bonds is 6. The monoisotopic (exact) mass is 478 g/mol. The van der Waals surface area contributed by atoms with E-state index in [0.29, 0.717) is 11.2 Å². The molecule has 2 aromatic heterocycles. The second kappa shape index (κ2) is 7.81. The largest absolute Gasteiger partial charge is 0.466 e. The molecule has 5 heterocycles. The van der Waals surface area contributed by atoms with Crippen LogP contribution >= 0.6 is 0 Å². The molecule has 14 heteroatoms. The van der Waals surface area contributed by atoms with Crippen LogP contribution in [-0.4, -0.2) is 103 Å². The summed E-state index contributed by atoms with van der Waals surface area (Å²) >= 11 is 0. The zero-order valence-electron chi connectivity index (χ0n) is 18.8. The summed E-state index contributed by atoms with van der Waals surface area (Å²) in [6.07, 6.45) is -2.71. The van der Waals surface area contributed by atoms with Crippen LogP contribution in [0.25, 0.3) is 11.2 Å². The van der Waals surface area contributed by atoms with Crippen LogP contribution in [0.5, 0.6) is 0 Å². The van der Waals surface area contributed by atoms with Gasteiger partial charge in [0.15, 0.2) is 17.7 Å². The first kappa shape index (κ1) is 22.9. The number of nitrogens with two attached hydrogens (primary N) is 1. The Labute approximate surface area is 193 Å². The average molecular weight is 478 g/mol. The number of carbonyl (C=O) groups is 2. The summed E-state index contributed by atoms with van der Waals surface area (Å²) in [7, 11) is 1.17. The van der Waals surface area contributed by atoms with E-state index in [9.17, 15) is 19.8 Å². The molecular weight excluding hydrogens is 452 g/mol. The summed E-state index contributed by atoms with van der Waals surface area (Å²) in [5.41, 5.74) is 3.34. The Bertz CT molecular complexity index is 1140. The van der Waals surface area contributed by atoms with E-state index in [1.807, 2.05) is 0 Å². The fourth-order valence-corrected chi connectivity index (χ4v) is 5.12. The van der Waals surface area contributed by atoms with E-state index in [4.69, 9.17) is 24.7 Å². The molecule has 34 heavy (non-hydrogen) atoms. The molecule has 4 N–H and O–H groups in total. The van der Waals surface area contributed by atoms with Gasteiger partial charge < -0.3 is 39.8 Å². The molecule has 3 aliphatic heterocycles. The van der Waals surface area contributed by atoms with Gasteiger partial charge in [-0.15, -0.1) is 0 Å². The zero-order valence-corrected chi connectivity index (χ0v) is 18.8. The fraction of sp³-hybridized carbons (Fsp3) is 0.650. The Morgan fingerprint density at radius 3 is 2.79 bits per heavy atom. The van der Waals surface area contributed by atoms with Crippen LogP contribution in [0.4, 0.5) is 5.82 Å². The number of nitrogen functional groups attached to an aromatic ring is 1. The molecule has 3 saturated heterocycles. The Hall–Kier alpha value is -2.91. The maximum absolute atomic E-state index is 13.5. The number of piperidine rings is 1. The summed E-state index contributed by atoms with van der Waals surface area (Å²) in [5.74, 6) is -1.34. The van der Waals surface area contributed by atoms with Crippen molar-refractivity contribution in [3.05, 3.63) is 12.7 Å². The summed E-state index contributed by atoms with van der Waals surface area (Å²) in [4.78, 5) is 39.6.